The van der Waals surface area contributed by atoms with Crippen LogP contribution in [0.1, 0.15) is 52.4 Å². The summed E-state index contributed by atoms with van der Waals surface area (Å²) in [5, 5.41) is 30.3. The molecule has 0 bridgehead atoms. The molecule has 4 amide bonds. The number of hydrogen-bond acceptors (Lipinski definition) is 10. The van der Waals surface area contributed by atoms with Gasteiger partial charge in [0.25, 0.3) is 5.91 Å². The SMILES string of the molecule is CC(=O)N(C(=O)C(CC(=O)O)NC(=O)C(N)CO)C(CCCCN)C(=O)N1CCCC1(C(C)=O)C(=O)O. The third-order valence-electron chi connectivity index (χ3n) is 6.22. The lowest BCUT2D eigenvalue weighted by molar-refractivity contribution is -0.166. The molecule has 0 radical (unpaired) electrons. The number of amides is 4. The van der Waals surface area contributed by atoms with Crippen molar-refractivity contribution in [3.8, 4) is 0 Å². The van der Waals surface area contributed by atoms with Gasteiger partial charge in [-0.25, -0.2) is 4.79 Å². The van der Waals surface area contributed by atoms with E-state index in [0.717, 1.165) is 18.7 Å². The highest BCUT2D eigenvalue weighted by Crippen LogP contribution is 2.33. The summed E-state index contributed by atoms with van der Waals surface area (Å²) in [6.07, 6.45) is -0.520. The number of aliphatic carboxylic acids is 2. The van der Waals surface area contributed by atoms with Gasteiger partial charge in [-0.05, 0) is 45.6 Å². The maximum atomic E-state index is 13.7. The molecular formula is C22H35N5O10. The molecule has 0 aromatic heterocycles. The number of hydrogen-bond donors (Lipinski definition) is 6. The van der Waals surface area contributed by atoms with Gasteiger partial charge < -0.3 is 37.0 Å². The molecule has 4 unspecified atom stereocenters. The monoisotopic (exact) mass is 529 g/mol. The van der Waals surface area contributed by atoms with E-state index in [1.54, 1.807) is 0 Å². The van der Waals surface area contributed by atoms with E-state index in [2.05, 4.69) is 5.32 Å². The van der Waals surface area contributed by atoms with Crippen LogP contribution in [0.4, 0.5) is 0 Å². The molecule has 37 heavy (non-hydrogen) atoms. The first-order valence-electron chi connectivity index (χ1n) is 11.7. The van der Waals surface area contributed by atoms with E-state index in [9.17, 15) is 43.8 Å². The predicted molar refractivity (Wildman–Crippen MR) is 125 cm³/mol. The topological polar surface area (TPSA) is 251 Å². The fourth-order valence-electron chi connectivity index (χ4n) is 4.31. The number of likely N-dealkylation sites (tertiary alicyclic amines) is 1. The molecule has 0 aromatic rings. The average Bonchev–Trinajstić information content (AvgIpc) is 3.28. The minimum Gasteiger partial charge on any atom is -0.481 e. The van der Waals surface area contributed by atoms with Crippen LogP contribution in [-0.2, 0) is 33.6 Å². The highest BCUT2D eigenvalue weighted by Gasteiger charge is 2.56. The van der Waals surface area contributed by atoms with Crippen LogP contribution in [0.5, 0.6) is 0 Å². The minimum atomic E-state index is -2.18. The summed E-state index contributed by atoms with van der Waals surface area (Å²) in [6, 6.07) is -4.94. The Hall–Kier alpha value is -3.43. The van der Waals surface area contributed by atoms with Crippen LogP contribution in [0.15, 0.2) is 0 Å². The van der Waals surface area contributed by atoms with Crippen molar-refractivity contribution in [1.29, 1.82) is 0 Å². The Kier molecular flexibility index (Phi) is 11.8. The highest BCUT2D eigenvalue weighted by atomic mass is 16.4. The molecule has 1 fully saturated rings. The van der Waals surface area contributed by atoms with Crippen molar-refractivity contribution >= 4 is 41.4 Å². The van der Waals surface area contributed by atoms with Crippen molar-refractivity contribution in [3.63, 3.8) is 0 Å². The number of carbonyl (C=O) groups excluding carboxylic acids is 5. The molecule has 1 aliphatic rings. The van der Waals surface area contributed by atoms with E-state index in [1.165, 1.54) is 0 Å². The summed E-state index contributed by atoms with van der Waals surface area (Å²) in [5.74, 6) is -8.16. The number of nitrogens with two attached hydrogens (primary N) is 2. The van der Waals surface area contributed by atoms with Crippen LogP contribution in [-0.4, -0.2) is 110 Å². The van der Waals surface area contributed by atoms with Gasteiger partial charge in [0.15, 0.2) is 11.3 Å². The standard InChI is InChI=1S/C22H35N5O10/c1-12(29)22(21(36)37)7-5-9-26(22)20(35)16(6-3-4-8-23)27(13(2)30)19(34)15(10-17(31)32)25-18(33)14(24)11-28/h14-16,28H,3-11,23-24H2,1-2H3,(H,25,33)(H,31,32)(H,36,37). The molecule has 1 saturated heterocycles. The molecule has 1 heterocycles. The lowest BCUT2D eigenvalue weighted by atomic mass is 9.90. The number of carboxylic acids is 2. The lowest BCUT2D eigenvalue weighted by Crippen LogP contribution is -2.64. The van der Waals surface area contributed by atoms with Crippen molar-refractivity contribution < 1.29 is 48.9 Å². The molecule has 1 rings (SSSR count). The number of ketones is 1. The maximum Gasteiger partial charge on any atom is 0.337 e. The minimum absolute atomic E-state index is 0.126. The molecule has 0 aromatic carbocycles. The number of Topliss-reactive ketones (excluding diaryl/α,β-unsaturated/α-hetero) is 1. The normalized spacial score (nSPS) is 19.4. The zero-order valence-corrected chi connectivity index (χ0v) is 20.8. The first kappa shape index (κ1) is 31.6. The number of aliphatic hydroxyl groups is 1. The second-order valence-electron chi connectivity index (χ2n) is 8.79. The Morgan fingerprint density at radius 1 is 1.08 bits per heavy atom. The number of carbonyl (C=O) groups is 7. The number of rotatable bonds is 14. The number of unbranched alkanes of at least 4 members (excludes halogenated alkanes) is 1. The van der Waals surface area contributed by atoms with Crippen molar-refractivity contribution in [1.82, 2.24) is 15.1 Å². The maximum absolute atomic E-state index is 13.7. The molecular weight excluding hydrogens is 494 g/mol. The summed E-state index contributed by atoms with van der Waals surface area (Å²) in [6.45, 7) is 1.24. The summed E-state index contributed by atoms with van der Waals surface area (Å²) in [7, 11) is 0. The van der Waals surface area contributed by atoms with Gasteiger partial charge in [0.1, 0.15) is 18.1 Å². The van der Waals surface area contributed by atoms with E-state index in [4.69, 9.17) is 16.6 Å². The molecule has 208 valence electrons. The van der Waals surface area contributed by atoms with Crippen molar-refractivity contribution in [2.75, 3.05) is 19.7 Å². The molecule has 1 aliphatic heterocycles. The third-order valence-corrected chi connectivity index (χ3v) is 6.22. The largest absolute Gasteiger partial charge is 0.481 e. The van der Waals surface area contributed by atoms with E-state index in [1.807, 2.05) is 0 Å². The number of imide groups is 1. The number of aliphatic hydroxyl groups excluding tert-OH is 1. The fourth-order valence-corrected chi connectivity index (χ4v) is 4.31. The fraction of sp³-hybridized carbons (Fsp3) is 0.682. The van der Waals surface area contributed by atoms with Gasteiger partial charge in [-0.15, -0.1) is 0 Å². The van der Waals surface area contributed by atoms with Gasteiger partial charge in [-0.3, -0.25) is 33.7 Å². The smallest absolute Gasteiger partial charge is 0.337 e. The van der Waals surface area contributed by atoms with Gasteiger partial charge in [0.2, 0.25) is 17.7 Å². The van der Waals surface area contributed by atoms with Crippen LogP contribution in [0.2, 0.25) is 0 Å². The van der Waals surface area contributed by atoms with Crippen molar-refractivity contribution in [3.05, 3.63) is 0 Å². The Balaban J connectivity index is 3.54. The van der Waals surface area contributed by atoms with E-state index in [0.29, 0.717) is 11.3 Å². The van der Waals surface area contributed by atoms with Crippen LogP contribution < -0.4 is 16.8 Å². The van der Waals surface area contributed by atoms with Crippen LogP contribution in [0.3, 0.4) is 0 Å². The van der Waals surface area contributed by atoms with Crippen LogP contribution >= 0.6 is 0 Å². The number of nitrogens with one attached hydrogen (secondary N) is 1. The summed E-state index contributed by atoms with van der Waals surface area (Å²) < 4.78 is 0. The third kappa shape index (κ3) is 7.30. The quantitative estimate of drug-likeness (QED) is 0.0984. The van der Waals surface area contributed by atoms with Gasteiger partial charge >= 0.3 is 11.9 Å². The van der Waals surface area contributed by atoms with Gasteiger partial charge in [0, 0.05) is 13.5 Å². The molecule has 0 spiro atoms. The van der Waals surface area contributed by atoms with Crippen LogP contribution in [0.25, 0.3) is 0 Å². The summed E-state index contributed by atoms with van der Waals surface area (Å²) in [5.41, 5.74) is 8.77. The highest BCUT2D eigenvalue weighted by molar-refractivity contribution is 6.11. The summed E-state index contributed by atoms with van der Waals surface area (Å²) in [4.78, 5) is 89.2. The van der Waals surface area contributed by atoms with Crippen molar-refractivity contribution in [2.45, 2.75) is 76.0 Å². The van der Waals surface area contributed by atoms with E-state index in [-0.39, 0.29) is 38.8 Å². The Labute approximate surface area is 213 Å². The molecule has 0 saturated carbocycles. The summed E-state index contributed by atoms with van der Waals surface area (Å²) >= 11 is 0. The second kappa shape index (κ2) is 13.8. The van der Waals surface area contributed by atoms with E-state index < -0.39 is 78.0 Å². The molecule has 4 atom stereocenters. The van der Waals surface area contributed by atoms with Gasteiger partial charge in [0.05, 0.1) is 13.0 Å². The average molecular weight is 530 g/mol. The zero-order valence-electron chi connectivity index (χ0n) is 20.8. The zero-order chi connectivity index (χ0) is 28.5. The molecule has 15 nitrogen and oxygen atoms in total. The molecule has 15 heteroatoms. The van der Waals surface area contributed by atoms with Crippen molar-refractivity contribution in [2.24, 2.45) is 11.5 Å². The molecule has 0 aliphatic carbocycles. The number of carboxylic acid groups (broad SMARTS) is 2. The van der Waals surface area contributed by atoms with Crippen LogP contribution in [0, 0.1) is 0 Å². The Morgan fingerprint density at radius 2 is 1.70 bits per heavy atom. The Bertz CT molecular complexity index is 910. The van der Waals surface area contributed by atoms with E-state index >= 15 is 0 Å². The number of nitrogens with zero attached hydrogens (tertiary/aromatic N) is 2. The second-order valence-corrected chi connectivity index (χ2v) is 8.79. The Morgan fingerprint density at radius 3 is 2.16 bits per heavy atom. The lowest BCUT2D eigenvalue weighted by Gasteiger charge is -2.38. The van der Waals surface area contributed by atoms with Gasteiger partial charge in [-0.2, -0.15) is 0 Å². The molecule has 8 N–H and O–H groups in total. The van der Waals surface area contributed by atoms with Gasteiger partial charge in [-0.1, -0.05) is 0 Å². The predicted octanol–water partition coefficient (Wildman–Crippen LogP) is -2.83. The first-order valence-corrected chi connectivity index (χ1v) is 11.7. The first-order chi connectivity index (χ1) is 17.3.